The summed E-state index contributed by atoms with van der Waals surface area (Å²) in [4.78, 5) is 10.3. The average Bonchev–Trinajstić information content (AvgIpc) is 1.83. The second kappa shape index (κ2) is 4.13. The molecule has 0 aromatic rings. The maximum absolute atomic E-state index is 10.3. The zero-order chi connectivity index (χ0) is 7.28. The molecular weight excluding hydrogens is 116 g/mol. The predicted molar refractivity (Wildman–Crippen MR) is 35.4 cm³/mol. The van der Waals surface area contributed by atoms with Crippen molar-refractivity contribution in [2.45, 2.75) is 13.8 Å². The number of carbonyl (C=O) groups excluding carboxylic acids is 1. The Hall–Kier alpha value is -0.790. The Morgan fingerprint density at radius 3 is 2.56 bits per heavy atom. The molecule has 0 amide bonds. The molecule has 0 aromatic heterocycles. The number of carbonyl (C=O) groups is 1. The molecule has 9 heavy (non-hydrogen) atoms. The third-order valence-electron chi connectivity index (χ3n) is 0.623. The molecule has 0 aromatic carbocycles. The van der Waals surface area contributed by atoms with Gasteiger partial charge in [-0.25, -0.2) is 4.79 Å². The van der Waals surface area contributed by atoms with Crippen LogP contribution in [0.5, 0.6) is 0 Å². The summed E-state index contributed by atoms with van der Waals surface area (Å²) in [7, 11) is 0. The lowest BCUT2D eigenvalue weighted by molar-refractivity contribution is -0.135. The van der Waals surface area contributed by atoms with Crippen LogP contribution in [-0.2, 0) is 9.53 Å². The third kappa shape index (κ3) is 5.07. The van der Waals surface area contributed by atoms with Gasteiger partial charge in [0.25, 0.3) is 0 Å². The quantitative estimate of drug-likeness (QED) is 0.424. The Balaban J connectivity index is 3.27. The van der Waals surface area contributed by atoms with E-state index in [1.807, 2.05) is 13.8 Å². The summed E-state index contributed by atoms with van der Waals surface area (Å²) in [5.41, 5.74) is 0. The van der Waals surface area contributed by atoms with Gasteiger partial charge in [0, 0.05) is 6.08 Å². The fourth-order valence-electron chi connectivity index (χ4n) is 0.251. The molecule has 0 spiro atoms. The van der Waals surface area contributed by atoms with Gasteiger partial charge in [-0.15, -0.1) is 0 Å². The normalized spacial score (nSPS) is 9.22. The van der Waals surface area contributed by atoms with Crippen LogP contribution < -0.4 is 0 Å². The van der Waals surface area contributed by atoms with Crippen molar-refractivity contribution in [3.63, 3.8) is 0 Å². The fraction of sp³-hybridized carbons (Fsp3) is 0.429. The van der Waals surface area contributed by atoms with Gasteiger partial charge >= 0.3 is 5.97 Å². The van der Waals surface area contributed by atoms with Crippen molar-refractivity contribution in [1.82, 2.24) is 0 Å². The van der Waals surface area contributed by atoms with Crippen LogP contribution >= 0.6 is 0 Å². The van der Waals surface area contributed by atoms with E-state index in [-0.39, 0.29) is 5.92 Å². The monoisotopic (exact) mass is 127 g/mol. The first-order chi connectivity index (χ1) is 4.16. The first kappa shape index (κ1) is 8.21. The smallest absolute Gasteiger partial charge is 0.330 e. The highest BCUT2D eigenvalue weighted by Crippen LogP contribution is 1.98. The molecule has 0 saturated carbocycles. The molecule has 0 heterocycles. The first-order valence-corrected chi connectivity index (χ1v) is 2.83. The van der Waals surface area contributed by atoms with E-state index < -0.39 is 5.97 Å². The molecule has 51 valence electrons. The van der Waals surface area contributed by atoms with Crippen LogP contribution in [0.25, 0.3) is 0 Å². The largest absolute Gasteiger partial charge is 0.455 e. The zero-order valence-corrected chi connectivity index (χ0v) is 5.76. The molecule has 0 N–H and O–H groups in total. The second-order valence-corrected chi connectivity index (χ2v) is 2.02. The van der Waals surface area contributed by atoms with E-state index in [9.17, 15) is 4.79 Å². The minimum Gasteiger partial charge on any atom is -0.455 e. The van der Waals surface area contributed by atoms with Crippen molar-refractivity contribution in [3.8, 4) is 0 Å². The zero-order valence-electron chi connectivity index (χ0n) is 5.76. The molecule has 0 saturated heterocycles. The molecular formula is C7H11O2. The number of hydrogen-bond donors (Lipinski definition) is 0. The van der Waals surface area contributed by atoms with E-state index in [0.29, 0.717) is 0 Å². The van der Waals surface area contributed by atoms with E-state index in [4.69, 9.17) is 0 Å². The van der Waals surface area contributed by atoms with E-state index in [0.717, 1.165) is 6.08 Å². The summed E-state index contributed by atoms with van der Waals surface area (Å²) in [5.74, 6) is -0.127. The summed E-state index contributed by atoms with van der Waals surface area (Å²) in [5, 5.41) is 0. The molecule has 0 aliphatic heterocycles. The maximum atomic E-state index is 10.3. The van der Waals surface area contributed by atoms with E-state index in [1.165, 1.54) is 6.61 Å². The van der Waals surface area contributed by atoms with Crippen LogP contribution in [-0.4, -0.2) is 5.97 Å². The van der Waals surface area contributed by atoms with Gasteiger partial charge in [0.1, 0.15) is 6.61 Å². The highest BCUT2D eigenvalue weighted by Gasteiger charge is 1.97. The first-order valence-electron chi connectivity index (χ1n) is 2.83. The molecule has 0 aliphatic carbocycles. The van der Waals surface area contributed by atoms with Crippen LogP contribution in [0.15, 0.2) is 12.7 Å². The van der Waals surface area contributed by atoms with Crippen molar-refractivity contribution >= 4 is 5.97 Å². The summed E-state index contributed by atoms with van der Waals surface area (Å²) < 4.78 is 4.57. The van der Waals surface area contributed by atoms with Crippen LogP contribution in [0.4, 0.5) is 0 Å². The van der Waals surface area contributed by atoms with Gasteiger partial charge in [-0.1, -0.05) is 20.4 Å². The number of ether oxygens (including phenoxy) is 1. The summed E-state index contributed by atoms with van der Waals surface area (Å²) >= 11 is 0. The number of rotatable bonds is 3. The number of esters is 1. The average molecular weight is 127 g/mol. The van der Waals surface area contributed by atoms with Crippen LogP contribution in [0.1, 0.15) is 13.8 Å². The van der Waals surface area contributed by atoms with Gasteiger partial charge in [0.2, 0.25) is 0 Å². The fourth-order valence-corrected chi connectivity index (χ4v) is 0.251. The Labute approximate surface area is 55.5 Å². The van der Waals surface area contributed by atoms with Gasteiger partial charge in [-0.05, 0) is 5.92 Å². The van der Waals surface area contributed by atoms with E-state index in [1.54, 1.807) is 0 Å². The van der Waals surface area contributed by atoms with Gasteiger partial charge < -0.3 is 4.74 Å². The molecule has 0 bridgehead atoms. The molecule has 0 fully saturated rings. The van der Waals surface area contributed by atoms with Crippen molar-refractivity contribution < 1.29 is 9.53 Å². The topological polar surface area (TPSA) is 26.3 Å². The highest BCUT2D eigenvalue weighted by molar-refractivity contribution is 5.81. The molecule has 2 heteroatoms. The van der Waals surface area contributed by atoms with Crippen molar-refractivity contribution in [2.75, 3.05) is 0 Å². The Morgan fingerprint density at radius 2 is 2.22 bits per heavy atom. The highest BCUT2D eigenvalue weighted by atomic mass is 16.5. The van der Waals surface area contributed by atoms with Gasteiger partial charge in [-0.3, -0.25) is 0 Å². The van der Waals surface area contributed by atoms with Gasteiger partial charge in [0.05, 0.1) is 0 Å². The molecule has 0 atom stereocenters. The Kier molecular flexibility index (Phi) is 3.76. The van der Waals surface area contributed by atoms with Gasteiger partial charge in [0.15, 0.2) is 0 Å². The predicted octanol–water partition coefficient (Wildman–Crippen LogP) is 1.53. The lowest BCUT2D eigenvalue weighted by atomic mass is 10.2. The van der Waals surface area contributed by atoms with Crippen LogP contribution in [0, 0.1) is 12.5 Å². The standard InChI is InChI=1S/C7H11O2/c1-4-7(8)9-5-6(2)3/h4-6H,1H2,2-3H3. The minimum absolute atomic E-state index is 0.272. The number of hydrogen-bond acceptors (Lipinski definition) is 2. The van der Waals surface area contributed by atoms with Crippen molar-refractivity contribution in [1.29, 1.82) is 0 Å². The lowest BCUT2D eigenvalue weighted by Crippen LogP contribution is -2.00. The van der Waals surface area contributed by atoms with Crippen LogP contribution in [0.3, 0.4) is 0 Å². The van der Waals surface area contributed by atoms with E-state index >= 15 is 0 Å². The Morgan fingerprint density at radius 1 is 1.67 bits per heavy atom. The van der Waals surface area contributed by atoms with Crippen molar-refractivity contribution in [2.24, 2.45) is 5.92 Å². The summed E-state index contributed by atoms with van der Waals surface area (Å²) in [6.45, 7) is 8.57. The van der Waals surface area contributed by atoms with Crippen LogP contribution in [0.2, 0.25) is 0 Å². The third-order valence-corrected chi connectivity index (χ3v) is 0.623. The van der Waals surface area contributed by atoms with Gasteiger partial charge in [-0.2, -0.15) is 0 Å². The minimum atomic E-state index is -0.399. The van der Waals surface area contributed by atoms with E-state index in [2.05, 4.69) is 11.3 Å². The second-order valence-electron chi connectivity index (χ2n) is 2.02. The maximum Gasteiger partial charge on any atom is 0.330 e. The SMILES string of the molecule is C=CC(=O)O[CH]C(C)C. The molecule has 0 rings (SSSR count). The molecule has 1 radical (unpaired) electrons. The summed E-state index contributed by atoms with van der Waals surface area (Å²) in [6, 6.07) is 0. The lowest BCUT2D eigenvalue weighted by Gasteiger charge is -2.01. The Bertz CT molecular complexity index is 105. The summed E-state index contributed by atoms with van der Waals surface area (Å²) in [6.07, 6.45) is 1.14. The molecule has 0 aliphatic rings. The molecule has 2 nitrogen and oxygen atoms in total. The van der Waals surface area contributed by atoms with Crippen molar-refractivity contribution in [3.05, 3.63) is 19.3 Å². The molecule has 0 unspecified atom stereocenters.